The summed E-state index contributed by atoms with van der Waals surface area (Å²) in [6.07, 6.45) is 3.66. The van der Waals surface area contributed by atoms with Crippen LogP contribution < -0.4 is 15.6 Å². The van der Waals surface area contributed by atoms with Gasteiger partial charge in [0.05, 0.1) is 19.8 Å². The van der Waals surface area contributed by atoms with Gasteiger partial charge in [0.25, 0.3) is 11.8 Å². The molecule has 2 aliphatic heterocycles. The molecule has 38 heavy (non-hydrogen) atoms. The van der Waals surface area contributed by atoms with Crippen LogP contribution in [0.4, 0.5) is 5.13 Å². The van der Waals surface area contributed by atoms with Gasteiger partial charge < -0.3 is 30.5 Å². The molecule has 0 aliphatic carbocycles. The molecule has 0 saturated carbocycles. The quantitative estimate of drug-likeness (QED) is 0.0980. The smallest absolute Gasteiger partial charge is 0.352 e. The first-order chi connectivity index (χ1) is 18.3. The number of aliphatic carboxylic acids is 1. The van der Waals surface area contributed by atoms with Crippen molar-refractivity contribution in [2.75, 3.05) is 38.9 Å². The Hall–Kier alpha value is -3.60. The first kappa shape index (κ1) is 27.4. The van der Waals surface area contributed by atoms with E-state index in [1.54, 1.807) is 7.11 Å². The van der Waals surface area contributed by atoms with E-state index in [2.05, 4.69) is 19.8 Å². The van der Waals surface area contributed by atoms with Crippen LogP contribution in [0.5, 0.6) is 0 Å². The number of nitrogens with one attached hydrogen (secondary N) is 1. The van der Waals surface area contributed by atoms with Crippen molar-refractivity contribution >= 4 is 51.9 Å². The van der Waals surface area contributed by atoms with Crippen LogP contribution in [0.3, 0.4) is 0 Å². The average molecular weight is 565 g/mol. The molecule has 202 valence electrons. The van der Waals surface area contributed by atoms with Gasteiger partial charge in [0.15, 0.2) is 24.1 Å². The molecule has 1 fully saturated rings. The maximum atomic E-state index is 13.0. The number of fused-ring (bicyclic) bond motifs is 1. The number of anilines is 1. The van der Waals surface area contributed by atoms with Gasteiger partial charge in [-0.25, -0.2) is 9.36 Å². The second-order valence-corrected chi connectivity index (χ2v) is 10.0. The molecule has 2 aromatic rings. The standard InChI is InChI=1S/C22H25N7O7S2/c1-34-7-8-36-10-12-3-5-28(6-4-12)9-13-11-37-20-15(19(31)29(20)16(13)21(32)33)24-18(30)14(26-35-2)17-25-22(23)38-27-17/h3-6,15,20H,7-11H2,1-2H3,(H3-,23,24,25,27,30,32,33)/p+1/t15?,20-/m0/s1. The average Bonchev–Trinajstić information content (AvgIpc) is 3.34. The fourth-order valence-electron chi connectivity index (χ4n) is 3.86. The number of β-lactam (4-membered cyclic amide) rings is 1. The molecular formula is C22H26N7O7S2+. The van der Waals surface area contributed by atoms with Crippen molar-refractivity contribution in [1.29, 1.82) is 0 Å². The molecule has 4 heterocycles. The third-order valence-electron chi connectivity index (χ3n) is 5.62. The third kappa shape index (κ3) is 5.93. The van der Waals surface area contributed by atoms with Gasteiger partial charge in [-0.3, -0.25) is 14.5 Å². The number of oxime groups is 1. The number of hydrogen-bond acceptors (Lipinski definition) is 12. The van der Waals surface area contributed by atoms with Crippen LogP contribution >= 0.6 is 23.3 Å². The minimum atomic E-state index is -1.21. The number of nitrogens with two attached hydrogens (primary N) is 1. The number of carbonyl (C=O) groups is 3. The second kappa shape index (κ2) is 12.3. The maximum absolute atomic E-state index is 13.0. The number of nitrogen functional groups attached to an aromatic ring is 1. The minimum Gasteiger partial charge on any atom is -0.477 e. The summed E-state index contributed by atoms with van der Waals surface area (Å²) in [4.78, 5) is 47.9. The summed E-state index contributed by atoms with van der Waals surface area (Å²) in [6, 6.07) is 2.82. The van der Waals surface area contributed by atoms with Gasteiger partial charge in [-0.2, -0.15) is 9.36 Å². The van der Waals surface area contributed by atoms with Crippen molar-refractivity contribution in [2.24, 2.45) is 5.16 Å². The highest BCUT2D eigenvalue weighted by Crippen LogP contribution is 2.40. The largest absolute Gasteiger partial charge is 0.477 e. The molecule has 1 saturated heterocycles. The van der Waals surface area contributed by atoms with Gasteiger partial charge in [0.1, 0.15) is 24.2 Å². The van der Waals surface area contributed by atoms with Crippen molar-refractivity contribution in [3.05, 3.63) is 47.2 Å². The first-order valence-corrected chi connectivity index (χ1v) is 13.1. The molecule has 0 spiro atoms. The number of pyridine rings is 1. The lowest BCUT2D eigenvalue weighted by Crippen LogP contribution is -2.71. The Morgan fingerprint density at radius 1 is 1.32 bits per heavy atom. The number of rotatable bonds is 12. The summed E-state index contributed by atoms with van der Waals surface area (Å²) < 4.78 is 16.3. The molecule has 2 aliphatic rings. The fraction of sp³-hybridized carbons (Fsp3) is 0.409. The number of ether oxygens (including phenoxy) is 2. The molecule has 2 atom stereocenters. The van der Waals surface area contributed by atoms with Crippen LogP contribution in [0.25, 0.3) is 0 Å². The Kier molecular flexibility index (Phi) is 8.88. The zero-order valence-corrected chi connectivity index (χ0v) is 22.2. The molecule has 2 amide bonds. The number of carboxylic acid groups (broad SMARTS) is 1. The Labute approximate surface area is 225 Å². The zero-order chi connectivity index (χ0) is 27.2. The summed E-state index contributed by atoms with van der Waals surface area (Å²) in [5.74, 6) is -2.17. The van der Waals surface area contributed by atoms with E-state index in [0.717, 1.165) is 17.1 Å². The number of carbonyl (C=O) groups excluding carboxylic acids is 2. The van der Waals surface area contributed by atoms with Crippen LogP contribution in [-0.2, 0) is 41.8 Å². The Morgan fingerprint density at radius 3 is 2.71 bits per heavy atom. The number of carboxylic acids is 1. The first-order valence-electron chi connectivity index (χ1n) is 11.3. The van der Waals surface area contributed by atoms with Crippen LogP contribution in [0, 0.1) is 0 Å². The molecule has 4 rings (SSSR count). The van der Waals surface area contributed by atoms with Gasteiger partial charge in [0, 0.05) is 42.1 Å². The highest BCUT2D eigenvalue weighted by atomic mass is 32.2. The van der Waals surface area contributed by atoms with Crippen molar-refractivity contribution < 1.29 is 38.4 Å². The predicted molar refractivity (Wildman–Crippen MR) is 136 cm³/mol. The Morgan fingerprint density at radius 2 is 2.08 bits per heavy atom. The molecule has 0 radical (unpaired) electrons. The normalized spacial score (nSPS) is 19.2. The van der Waals surface area contributed by atoms with Gasteiger partial charge in [0.2, 0.25) is 11.5 Å². The van der Waals surface area contributed by atoms with E-state index in [1.165, 1.54) is 23.8 Å². The van der Waals surface area contributed by atoms with Crippen molar-refractivity contribution in [3.63, 3.8) is 0 Å². The third-order valence-corrected chi connectivity index (χ3v) is 7.50. The summed E-state index contributed by atoms with van der Waals surface area (Å²) in [5, 5.41) is 15.7. The van der Waals surface area contributed by atoms with Gasteiger partial charge in [-0.05, 0) is 5.56 Å². The van der Waals surface area contributed by atoms with E-state index in [-0.39, 0.29) is 28.9 Å². The van der Waals surface area contributed by atoms with E-state index in [1.807, 2.05) is 29.1 Å². The van der Waals surface area contributed by atoms with E-state index in [9.17, 15) is 19.5 Å². The molecule has 4 N–H and O–H groups in total. The topological polar surface area (TPSA) is 182 Å². The van der Waals surface area contributed by atoms with Gasteiger partial charge in [-0.15, -0.1) is 11.8 Å². The SMILES string of the molecule is COCCOCc1cc[n+](CC2=C(C(=O)O)N3C(=O)C(NC(=O)C(=NOC)c4nsc(N)n4)[C@@H]3SC2)cc1. The monoisotopic (exact) mass is 564 g/mol. The lowest BCUT2D eigenvalue weighted by Gasteiger charge is -2.49. The van der Waals surface area contributed by atoms with Gasteiger partial charge in [-0.1, -0.05) is 5.16 Å². The zero-order valence-electron chi connectivity index (χ0n) is 20.5. The highest BCUT2D eigenvalue weighted by Gasteiger charge is 2.54. The van der Waals surface area contributed by atoms with Crippen molar-refractivity contribution in [2.45, 2.75) is 24.6 Å². The fourth-order valence-corrected chi connectivity index (χ4v) is 5.63. The van der Waals surface area contributed by atoms with Crippen LogP contribution in [0.15, 0.2) is 41.0 Å². The summed E-state index contributed by atoms with van der Waals surface area (Å²) in [6.45, 7) is 1.72. The second-order valence-electron chi connectivity index (χ2n) is 8.12. The summed E-state index contributed by atoms with van der Waals surface area (Å²) >= 11 is 2.24. The lowest BCUT2D eigenvalue weighted by atomic mass is 10.0. The van der Waals surface area contributed by atoms with Crippen LogP contribution in [0.2, 0.25) is 0 Å². The van der Waals surface area contributed by atoms with Crippen molar-refractivity contribution in [3.8, 4) is 0 Å². The molecule has 0 bridgehead atoms. The number of nitrogens with zero attached hydrogens (tertiary/aromatic N) is 5. The Balaban J connectivity index is 1.44. The molecule has 0 aromatic carbocycles. The van der Waals surface area contributed by atoms with E-state index >= 15 is 0 Å². The van der Waals surface area contributed by atoms with E-state index in [4.69, 9.17) is 20.0 Å². The Bertz CT molecular complexity index is 1260. The number of methoxy groups -OCH3 is 1. The number of thioether (sulfide) groups is 1. The van der Waals surface area contributed by atoms with Crippen LogP contribution in [0.1, 0.15) is 11.4 Å². The van der Waals surface area contributed by atoms with E-state index < -0.39 is 29.2 Å². The lowest BCUT2D eigenvalue weighted by molar-refractivity contribution is -0.689. The molecule has 2 aromatic heterocycles. The van der Waals surface area contributed by atoms with Crippen molar-refractivity contribution in [1.82, 2.24) is 19.6 Å². The summed E-state index contributed by atoms with van der Waals surface area (Å²) in [5.41, 5.74) is 6.81. The number of aromatic nitrogens is 3. The molecule has 1 unspecified atom stereocenters. The number of amides is 2. The predicted octanol–water partition coefficient (Wildman–Crippen LogP) is -0.640. The minimum absolute atomic E-state index is 0.0373. The summed E-state index contributed by atoms with van der Waals surface area (Å²) in [7, 11) is 2.86. The molecular weight excluding hydrogens is 538 g/mol. The maximum Gasteiger partial charge on any atom is 0.352 e. The van der Waals surface area contributed by atoms with Gasteiger partial charge >= 0.3 is 5.97 Å². The highest BCUT2D eigenvalue weighted by molar-refractivity contribution is 8.00. The molecule has 16 heteroatoms. The van der Waals surface area contributed by atoms with E-state index in [0.29, 0.717) is 31.1 Å². The van der Waals surface area contributed by atoms with Crippen LogP contribution in [-0.4, -0.2) is 87.5 Å². The number of hydrogen-bond donors (Lipinski definition) is 3. The molecule has 14 nitrogen and oxygen atoms in total.